The number of hydrogen-bond acceptors (Lipinski definition) is 8. The molecule has 2 N–H and O–H groups in total. The van der Waals surface area contributed by atoms with E-state index in [0.29, 0.717) is 75.5 Å². The van der Waals surface area contributed by atoms with E-state index in [-0.39, 0.29) is 41.9 Å². The van der Waals surface area contributed by atoms with Crippen molar-refractivity contribution < 1.29 is 32.1 Å². The molecule has 3 amide bonds. The minimum Gasteiger partial charge on any atom is -0.444 e. The van der Waals surface area contributed by atoms with E-state index in [1.165, 1.54) is 37.0 Å². The quantitative estimate of drug-likeness (QED) is 0.165. The number of carbonyl (C=O) groups excluding carboxylic acids is 3. The molecule has 0 radical (unpaired) electrons. The number of nitrogens with one attached hydrogen (secondary N) is 2. The van der Waals surface area contributed by atoms with Gasteiger partial charge in [0.25, 0.3) is 11.8 Å². The summed E-state index contributed by atoms with van der Waals surface area (Å²) in [5.41, 5.74) is 3.94. The van der Waals surface area contributed by atoms with Crippen LogP contribution in [0.15, 0.2) is 36.4 Å². The first-order valence-electron chi connectivity index (χ1n) is 23.4. The summed E-state index contributed by atoms with van der Waals surface area (Å²) in [7, 11) is 1.78. The zero-order chi connectivity index (χ0) is 46.9. The summed E-state index contributed by atoms with van der Waals surface area (Å²) in [5.74, 6) is -2.03. The molecular formula is C45H57ClN8O5. The highest BCUT2D eigenvalue weighted by molar-refractivity contribution is 6.36. The van der Waals surface area contributed by atoms with Crippen molar-refractivity contribution in [3.05, 3.63) is 81.4 Å². The number of rotatable bonds is 10. The second kappa shape index (κ2) is 15.7. The first-order chi connectivity index (χ1) is 30.5. The first-order valence-corrected chi connectivity index (χ1v) is 20.8. The molecule has 0 unspecified atom stereocenters. The van der Waals surface area contributed by atoms with Crippen molar-refractivity contribution in [1.82, 2.24) is 28.9 Å². The van der Waals surface area contributed by atoms with E-state index in [4.69, 9.17) is 29.3 Å². The second-order valence-electron chi connectivity index (χ2n) is 17.9. The number of methoxy groups -OCH3 is 1. The van der Waals surface area contributed by atoms with Crippen molar-refractivity contribution >= 4 is 40.9 Å². The number of aromatic nitrogens is 4. The van der Waals surface area contributed by atoms with Crippen LogP contribution in [-0.4, -0.2) is 85.8 Å². The maximum absolute atomic E-state index is 14.1. The molecule has 8 rings (SSSR count). The summed E-state index contributed by atoms with van der Waals surface area (Å²) in [5, 5.41) is 5.82. The van der Waals surface area contributed by atoms with E-state index in [2.05, 4.69) is 25.5 Å². The van der Waals surface area contributed by atoms with Crippen LogP contribution >= 0.6 is 11.6 Å². The number of hydrogen-bond donors (Lipinski definition) is 2. The molecule has 2 aliphatic carbocycles. The minimum atomic E-state index is -2.74. The summed E-state index contributed by atoms with van der Waals surface area (Å²) >= 11 is 7.02. The summed E-state index contributed by atoms with van der Waals surface area (Å²) in [6.07, 6.45) is 7.13. The van der Waals surface area contributed by atoms with E-state index in [1.807, 2.05) is 0 Å². The Balaban J connectivity index is 0.991. The average molecular weight is 831 g/mol. The predicted molar refractivity (Wildman–Crippen MR) is 228 cm³/mol. The van der Waals surface area contributed by atoms with E-state index < -0.39 is 37.5 Å². The lowest BCUT2D eigenvalue weighted by Crippen LogP contribution is -2.40. The standard InChI is InChI=1S/C45H57ClN8O5/c1-28-29(10-8-12-31(28)49-40(55)38-48-34-25-54(22-15-36(34)52(38)6)42(57)59-43(2,3)4)30-11-9-13-32(37(30)46)50-41(56)39-47-33-24-53(21-14-35(33)51(39)5)23-20-44-16-18-45(26-44,19-17-44)27-58-7/h8-13H,14-27H2,1-7H3,(H,49,55)(H,50,56)/i5D3,6D3. The first kappa shape index (κ1) is 34.0. The molecule has 13 nitrogen and oxygen atoms in total. The van der Waals surface area contributed by atoms with Crippen LogP contribution in [-0.2, 0) is 49.4 Å². The van der Waals surface area contributed by atoms with Crippen molar-refractivity contribution in [3.63, 3.8) is 0 Å². The fourth-order valence-electron chi connectivity index (χ4n) is 9.75. The molecule has 4 aliphatic rings. The Morgan fingerprint density at radius 2 is 1.44 bits per heavy atom. The number of halogens is 1. The van der Waals surface area contributed by atoms with Crippen LogP contribution in [0.1, 0.15) is 117 Å². The molecule has 2 fully saturated rings. The Morgan fingerprint density at radius 3 is 2.08 bits per heavy atom. The van der Waals surface area contributed by atoms with Gasteiger partial charge in [-0.05, 0) is 107 Å². The van der Waals surface area contributed by atoms with Gasteiger partial charge in [0.15, 0.2) is 11.6 Å². The molecule has 59 heavy (non-hydrogen) atoms. The highest BCUT2D eigenvalue weighted by Crippen LogP contribution is 2.63. The van der Waals surface area contributed by atoms with Gasteiger partial charge in [-0.3, -0.25) is 14.5 Å². The zero-order valence-electron chi connectivity index (χ0n) is 40.5. The van der Waals surface area contributed by atoms with Gasteiger partial charge in [-0.2, -0.15) is 0 Å². The normalized spacial score (nSPS) is 23.3. The van der Waals surface area contributed by atoms with Crippen LogP contribution < -0.4 is 10.6 Å². The number of anilines is 2. The Bertz CT molecular complexity index is 2520. The summed E-state index contributed by atoms with van der Waals surface area (Å²) < 4.78 is 63.2. The highest BCUT2D eigenvalue weighted by Gasteiger charge is 2.53. The lowest BCUT2D eigenvalue weighted by atomic mass is 9.80. The Kier molecular flexibility index (Phi) is 9.06. The van der Waals surface area contributed by atoms with Gasteiger partial charge in [-0.15, -0.1) is 0 Å². The van der Waals surface area contributed by atoms with Gasteiger partial charge in [0.1, 0.15) is 5.60 Å². The smallest absolute Gasteiger partial charge is 0.410 e. The van der Waals surface area contributed by atoms with E-state index in [0.717, 1.165) is 28.7 Å². The highest BCUT2D eigenvalue weighted by atomic mass is 35.5. The molecule has 0 atom stereocenters. The van der Waals surface area contributed by atoms with E-state index >= 15 is 0 Å². The molecule has 0 spiro atoms. The van der Waals surface area contributed by atoms with Crippen molar-refractivity contribution in [3.8, 4) is 11.1 Å². The molecule has 4 heterocycles. The number of nitrogens with zero attached hydrogens (tertiary/aromatic N) is 6. The maximum Gasteiger partial charge on any atom is 0.410 e. The maximum atomic E-state index is 14.1. The molecule has 314 valence electrons. The van der Waals surface area contributed by atoms with E-state index in [9.17, 15) is 14.4 Å². The van der Waals surface area contributed by atoms with Gasteiger partial charge in [0, 0.05) is 84.4 Å². The van der Waals surface area contributed by atoms with Crippen molar-refractivity contribution in [2.45, 2.75) is 97.8 Å². The fourth-order valence-corrected chi connectivity index (χ4v) is 10.0. The largest absolute Gasteiger partial charge is 0.444 e. The number of fused-ring (bicyclic) bond motifs is 4. The fraction of sp³-hybridized carbons (Fsp3) is 0.533. The van der Waals surface area contributed by atoms with Crippen LogP contribution in [0.3, 0.4) is 0 Å². The van der Waals surface area contributed by atoms with Crippen molar-refractivity contribution in [2.75, 3.05) is 44.0 Å². The molecule has 2 aliphatic heterocycles. The van der Waals surface area contributed by atoms with Crippen LogP contribution in [0.25, 0.3) is 11.1 Å². The van der Waals surface area contributed by atoms with Crippen LogP contribution in [0.5, 0.6) is 0 Å². The van der Waals surface area contributed by atoms with Crippen LogP contribution in [0.4, 0.5) is 16.2 Å². The molecule has 2 bridgehead atoms. The lowest BCUT2D eigenvalue weighted by molar-refractivity contribution is 0.0220. The van der Waals surface area contributed by atoms with Crippen molar-refractivity contribution in [1.29, 1.82) is 0 Å². The molecule has 0 saturated heterocycles. The van der Waals surface area contributed by atoms with E-state index in [1.54, 1.807) is 71.2 Å². The summed E-state index contributed by atoms with van der Waals surface area (Å²) in [6.45, 7) is 4.62. The third kappa shape index (κ3) is 8.01. The number of benzene rings is 2. The zero-order valence-corrected chi connectivity index (χ0v) is 35.2. The summed E-state index contributed by atoms with van der Waals surface area (Å²) in [4.78, 5) is 53.7. The molecule has 4 aromatic rings. The Labute approximate surface area is 360 Å². The Morgan fingerprint density at radius 1 is 0.847 bits per heavy atom. The second-order valence-corrected chi connectivity index (χ2v) is 18.3. The third-order valence-corrected chi connectivity index (χ3v) is 13.2. The monoisotopic (exact) mass is 830 g/mol. The van der Waals surface area contributed by atoms with Gasteiger partial charge in [-0.25, -0.2) is 14.8 Å². The number of imidazole rings is 2. The van der Waals surface area contributed by atoms with Gasteiger partial charge in [-0.1, -0.05) is 35.9 Å². The molecule has 2 aromatic carbocycles. The van der Waals surface area contributed by atoms with Gasteiger partial charge >= 0.3 is 6.09 Å². The van der Waals surface area contributed by atoms with Crippen molar-refractivity contribution in [2.24, 2.45) is 24.8 Å². The SMILES string of the molecule is [2H]C([2H])([2H])n1c(C(=O)Nc2cccc(-c3cccc(NC(=O)c4nc5c(n4C([2H])([2H])[2H])CCN(CCC46CCC(COC)(CC4)C6)C5)c3Cl)c2C)nc2c1CCN(C(=O)OC(C)(C)C)C2. The van der Waals surface area contributed by atoms with Crippen LogP contribution in [0, 0.1) is 17.8 Å². The number of carbonyl (C=O) groups is 3. The minimum absolute atomic E-state index is 0.0240. The third-order valence-electron chi connectivity index (χ3n) is 12.8. The molecule has 2 saturated carbocycles. The molecule has 14 heteroatoms. The van der Waals surface area contributed by atoms with Gasteiger partial charge < -0.3 is 34.1 Å². The van der Waals surface area contributed by atoms with Crippen LogP contribution in [0.2, 0.25) is 5.02 Å². The lowest BCUT2D eigenvalue weighted by Gasteiger charge is -2.32. The number of amides is 3. The average Bonchev–Trinajstić information content (AvgIpc) is 4.00. The molecular weight excluding hydrogens is 768 g/mol. The Hall–Kier alpha value is -4.72. The number of ether oxygens (including phenoxy) is 2. The topological polar surface area (TPSA) is 136 Å². The van der Waals surface area contributed by atoms with Gasteiger partial charge in [0.05, 0.1) is 35.2 Å². The molecule has 2 aromatic heterocycles. The summed E-state index contributed by atoms with van der Waals surface area (Å²) in [6, 6.07) is 10.2. The predicted octanol–water partition coefficient (Wildman–Crippen LogP) is 7.93. The van der Waals surface area contributed by atoms with Gasteiger partial charge in [0.2, 0.25) is 0 Å².